The molecule has 2 aromatic rings. The maximum atomic E-state index is 12.4. The SMILES string of the molecule is Cc1ccc(C(=O)NCC(c2cccn2C)N2CCCC2)cc1. The normalized spacial score (nSPS) is 16.4. The maximum absolute atomic E-state index is 12.4. The van der Waals surface area contributed by atoms with Gasteiger partial charge >= 0.3 is 0 Å². The lowest BCUT2D eigenvalue weighted by Crippen LogP contribution is -2.37. The van der Waals surface area contributed by atoms with Gasteiger partial charge in [0.15, 0.2) is 0 Å². The van der Waals surface area contributed by atoms with Crippen molar-refractivity contribution in [1.29, 1.82) is 0 Å². The van der Waals surface area contributed by atoms with Gasteiger partial charge in [0.05, 0.1) is 6.04 Å². The van der Waals surface area contributed by atoms with E-state index in [1.807, 2.05) is 31.2 Å². The molecule has 1 aliphatic heterocycles. The van der Waals surface area contributed by atoms with Crippen molar-refractivity contribution in [1.82, 2.24) is 14.8 Å². The fourth-order valence-corrected chi connectivity index (χ4v) is 3.29. The van der Waals surface area contributed by atoms with Crippen molar-refractivity contribution in [3.63, 3.8) is 0 Å². The van der Waals surface area contributed by atoms with Crippen LogP contribution in [-0.2, 0) is 7.05 Å². The monoisotopic (exact) mass is 311 g/mol. The van der Waals surface area contributed by atoms with Crippen LogP contribution in [0.3, 0.4) is 0 Å². The highest BCUT2D eigenvalue weighted by molar-refractivity contribution is 5.94. The summed E-state index contributed by atoms with van der Waals surface area (Å²) in [6.45, 7) is 4.89. The highest BCUT2D eigenvalue weighted by Crippen LogP contribution is 2.24. The molecule has 23 heavy (non-hydrogen) atoms. The average Bonchev–Trinajstić information content (AvgIpc) is 3.21. The number of likely N-dealkylation sites (tertiary alicyclic amines) is 1. The van der Waals surface area contributed by atoms with Crippen molar-refractivity contribution in [2.75, 3.05) is 19.6 Å². The van der Waals surface area contributed by atoms with Gasteiger partial charge < -0.3 is 9.88 Å². The Morgan fingerprint density at radius 1 is 1.17 bits per heavy atom. The Hall–Kier alpha value is -2.07. The lowest BCUT2D eigenvalue weighted by Gasteiger charge is -2.28. The standard InChI is InChI=1S/C19H25N3O/c1-15-7-9-16(10-8-15)19(23)20-14-18(22-12-3-4-13-22)17-6-5-11-21(17)2/h5-11,18H,3-4,12-14H2,1-2H3,(H,20,23). The quantitative estimate of drug-likeness (QED) is 0.922. The van der Waals surface area contributed by atoms with E-state index in [1.165, 1.54) is 24.1 Å². The minimum Gasteiger partial charge on any atom is -0.353 e. The van der Waals surface area contributed by atoms with Gasteiger partial charge in [0.25, 0.3) is 5.91 Å². The van der Waals surface area contributed by atoms with E-state index < -0.39 is 0 Å². The third-order valence-electron chi connectivity index (χ3n) is 4.68. The molecule has 0 aliphatic carbocycles. The van der Waals surface area contributed by atoms with Crippen LogP contribution in [-0.4, -0.2) is 35.0 Å². The van der Waals surface area contributed by atoms with Gasteiger partial charge in [-0.2, -0.15) is 0 Å². The predicted molar refractivity (Wildman–Crippen MR) is 92.5 cm³/mol. The average molecular weight is 311 g/mol. The second-order valence-corrected chi connectivity index (χ2v) is 6.38. The third kappa shape index (κ3) is 3.64. The van der Waals surface area contributed by atoms with Crippen LogP contribution in [0.5, 0.6) is 0 Å². The van der Waals surface area contributed by atoms with Crippen molar-refractivity contribution in [2.45, 2.75) is 25.8 Å². The molecule has 0 spiro atoms. The van der Waals surface area contributed by atoms with Crippen LogP contribution >= 0.6 is 0 Å². The first-order valence-electron chi connectivity index (χ1n) is 8.35. The van der Waals surface area contributed by atoms with Crippen LogP contribution < -0.4 is 5.32 Å². The van der Waals surface area contributed by atoms with Crippen molar-refractivity contribution in [3.8, 4) is 0 Å². The highest BCUT2D eigenvalue weighted by Gasteiger charge is 2.25. The minimum atomic E-state index is 0.00315. The molecule has 0 bridgehead atoms. The van der Waals surface area contributed by atoms with Gasteiger partial charge in [-0.3, -0.25) is 9.69 Å². The second-order valence-electron chi connectivity index (χ2n) is 6.38. The van der Waals surface area contributed by atoms with E-state index in [4.69, 9.17) is 0 Å². The van der Waals surface area contributed by atoms with Crippen molar-refractivity contribution >= 4 is 5.91 Å². The first-order valence-corrected chi connectivity index (χ1v) is 8.35. The van der Waals surface area contributed by atoms with E-state index in [9.17, 15) is 4.79 Å². The number of hydrogen-bond donors (Lipinski definition) is 1. The lowest BCUT2D eigenvalue weighted by atomic mass is 10.1. The van der Waals surface area contributed by atoms with Gasteiger partial charge in [-0.15, -0.1) is 0 Å². The number of carbonyl (C=O) groups excluding carboxylic acids is 1. The number of amides is 1. The molecule has 4 nitrogen and oxygen atoms in total. The summed E-state index contributed by atoms with van der Waals surface area (Å²) >= 11 is 0. The summed E-state index contributed by atoms with van der Waals surface area (Å²) in [4.78, 5) is 14.9. The van der Waals surface area contributed by atoms with Gasteiger partial charge in [-0.05, 0) is 57.1 Å². The first kappa shape index (κ1) is 15.8. The molecule has 1 atom stereocenters. The molecule has 2 heterocycles. The Labute approximate surface area is 138 Å². The van der Waals surface area contributed by atoms with Gasteiger partial charge in [0.1, 0.15) is 0 Å². The molecule has 0 saturated carbocycles. The number of aryl methyl sites for hydroxylation is 2. The third-order valence-corrected chi connectivity index (χ3v) is 4.68. The molecule has 1 unspecified atom stereocenters. The number of rotatable bonds is 5. The molecule has 1 aromatic heterocycles. The van der Waals surface area contributed by atoms with Gasteiger partial charge in [-0.1, -0.05) is 17.7 Å². The lowest BCUT2D eigenvalue weighted by molar-refractivity contribution is 0.0936. The van der Waals surface area contributed by atoms with Crippen LogP contribution in [0.2, 0.25) is 0 Å². The summed E-state index contributed by atoms with van der Waals surface area (Å²) in [5.41, 5.74) is 3.15. The second kappa shape index (κ2) is 7.01. The summed E-state index contributed by atoms with van der Waals surface area (Å²) in [5.74, 6) is 0.00315. The van der Waals surface area contributed by atoms with Gasteiger partial charge in [0, 0.05) is 31.0 Å². The molecule has 1 fully saturated rings. The number of aromatic nitrogens is 1. The van der Waals surface area contributed by atoms with E-state index in [0.717, 1.165) is 18.7 Å². The molecule has 1 aromatic carbocycles. The summed E-state index contributed by atoms with van der Waals surface area (Å²) in [5, 5.41) is 3.12. The Balaban J connectivity index is 1.70. The summed E-state index contributed by atoms with van der Waals surface area (Å²) in [6.07, 6.45) is 4.56. The van der Waals surface area contributed by atoms with Crippen LogP contribution in [0.25, 0.3) is 0 Å². The largest absolute Gasteiger partial charge is 0.353 e. The zero-order valence-corrected chi connectivity index (χ0v) is 14.0. The fourth-order valence-electron chi connectivity index (χ4n) is 3.29. The van der Waals surface area contributed by atoms with Crippen LogP contribution in [0.15, 0.2) is 42.6 Å². The first-order chi connectivity index (χ1) is 11.1. The van der Waals surface area contributed by atoms with Gasteiger partial charge in [0.2, 0.25) is 0 Å². The molecule has 1 amide bonds. The molecule has 1 aliphatic rings. The summed E-state index contributed by atoms with van der Waals surface area (Å²) in [7, 11) is 2.07. The molecule has 3 rings (SSSR count). The van der Waals surface area contributed by atoms with E-state index in [0.29, 0.717) is 6.54 Å². The topological polar surface area (TPSA) is 37.3 Å². The molecular formula is C19H25N3O. The van der Waals surface area contributed by atoms with Crippen LogP contribution in [0.1, 0.15) is 40.5 Å². The summed E-state index contributed by atoms with van der Waals surface area (Å²) < 4.78 is 2.15. The molecule has 1 saturated heterocycles. The number of nitrogens with zero attached hydrogens (tertiary/aromatic N) is 2. The van der Waals surface area contributed by atoms with Crippen molar-refractivity contribution < 1.29 is 4.79 Å². The smallest absolute Gasteiger partial charge is 0.251 e. The van der Waals surface area contributed by atoms with Crippen LogP contribution in [0, 0.1) is 6.92 Å². The van der Waals surface area contributed by atoms with Gasteiger partial charge in [-0.25, -0.2) is 0 Å². The number of hydrogen-bond acceptors (Lipinski definition) is 2. The zero-order chi connectivity index (χ0) is 16.2. The number of nitrogens with one attached hydrogen (secondary N) is 1. The molecule has 4 heteroatoms. The fraction of sp³-hybridized carbons (Fsp3) is 0.421. The zero-order valence-electron chi connectivity index (χ0n) is 14.0. The Kier molecular flexibility index (Phi) is 4.82. The number of benzene rings is 1. The van der Waals surface area contributed by atoms with E-state index in [1.54, 1.807) is 0 Å². The highest BCUT2D eigenvalue weighted by atomic mass is 16.1. The Morgan fingerprint density at radius 3 is 2.48 bits per heavy atom. The Bertz CT molecular complexity index is 654. The predicted octanol–water partition coefficient (Wildman–Crippen LogP) is 2.90. The van der Waals surface area contributed by atoms with Crippen molar-refractivity contribution in [2.24, 2.45) is 7.05 Å². The molecule has 0 radical (unpaired) electrons. The minimum absolute atomic E-state index is 0.00315. The van der Waals surface area contributed by atoms with E-state index >= 15 is 0 Å². The van der Waals surface area contributed by atoms with E-state index in [2.05, 4.69) is 40.2 Å². The Morgan fingerprint density at radius 2 is 1.87 bits per heavy atom. The molecule has 1 N–H and O–H groups in total. The van der Waals surface area contributed by atoms with E-state index in [-0.39, 0.29) is 11.9 Å². The number of carbonyl (C=O) groups is 1. The maximum Gasteiger partial charge on any atom is 0.251 e. The van der Waals surface area contributed by atoms with Crippen LogP contribution in [0.4, 0.5) is 0 Å². The van der Waals surface area contributed by atoms with Crippen molar-refractivity contribution in [3.05, 3.63) is 59.4 Å². The summed E-state index contributed by atoms with van der Waals surface area (Å²) in [6, 6.07) is 12.2. The molecule has 122 valence electrons. The molecular weight excluding hydrogens is 286 g/mol.